The van der Waals surface area contributed by atoms with Gasteiger partial charge in [-0.05, 0) is 75.1 Å². The van der Waals surface area contributed by atoms with Gasteiger partial charge in [-0.15, -0.1) is 11.3 Å². The van der Waals surface area contributed by atoms with E-state index in [9.17, 15) is 27.6 Å². The minimum Gasteiger partial charge on any atom is -0.497 e. The lowest BCUT2D eigenvalue weighted by Gasteiger charge is -2.28. The smallest absolute Gasteiger partial charge is 0.266 e. The van der Waals surface area contributed by atoms with Crippen LogP contribution in [-0.4, -0.2) is 97.9 Å². The molecule has 18 heteroatoms. The van der Waals surface area contributed by atoms with Crippen LogP contribution in [0.5, 0.6) is 11.5 Å². The fraction of sp³-hybridized carbons (Fsp3) is 0.532. The summed E-state index contributed by atoms with van der Waals surface area (Å²) in [6, 6.07) is 12.7. The van der Waals surface area contributed by atoms with Crippen LogP contribution in [0.1, 0.15) is 86.0 Å². The average Bonchev–Trinajstić information content (AvgIpc) is 3.55. The van der Waals surface area contributed by atoms with Crippen molar-refractivity contribution in [3.8, 4) is 22.9 Å². The summed E-state index contributed by atoms with van der Waals surface area (Å²) in [5, 5.41) is 15.6. The molecule has 4 amide bonds. The number of methoxy groups -OCH3 is 1. The first kappa shape index (κ1) is 47.5. The Morgan fingerprint density at radius 2 is 1.82 bits per heavy atom. The number of pyridine rings is 1. The van der Waals surface area contributed by atoms with Crippen molar-refractivity contribution in [3.63, 3.8) is 0 Å². The van der Waals surface area contributed by atoms with Crippen LogP contribution in [0.3, 0.4) is 0 Å². The molecule has 4 aromatic rings. The van der Waals surface area contributed by atoms with E-state index < -0.39 is 51.3 Å². The van der Waals surface area contributed by atoms with E-state index in [1.54, 1.807) is 43.5 Å². The molecule has 2 aromatic carbocycles. The van der Waals surface area contributed by atoms with Gasteiger partial charge in [0.1, 0.15) is 39.8 Å². The molecule has 350 valence electrons. The third-order valence-corrected chi connectivity index (χ3v) is 14.8. The molecule has 4 heterocycles. The molecule has 7 rings (SSSR count). The van der Waals surface area contributed by atoms with E-state index in [2.05, 4.69) is 26.0 Å². The van der Waals surface area contributed by atoms with E-state index in [-0.39, 0.29) is 60.4 Å². The lowest BCUT2D eigenvalue weighted by molar-refractivity contribution is -0.142. The molecule has 3 aliphatic rings. The number of thiazole rings is 1. The van der Waals surface area contributed by atoms with Crippen LogP contribution in [0.4, 0.5) is 10.8 Å². The predicted octanol–water partition coefficient (Wildman–Crippen LogP) is 6.34. The van der Waals surface area contributed by atoms with Crippen molar-refractivity contribution in [2.45, 2.75) is 115 Å². The number of nitrogens with zero attached hydrogens (tertiary/aromatic N) is 3. The minimum absolute atomic E-state index is 0.00468. The van der Waals surface area contributed by atoms with Crippen molar-refractivity contribution < 1.29 is 37.1 Å². The highest BCUT2D eigenvalue weighted by molar-refractivity contribution is 7.90. The largest absolute Gasteiger partial charge is 0.497 e. The first-order valence-electron chi connectivity index (χ1n) is 22.6. The molecule has 16 nitrogen and oxygen atoms in total. The number of hydrogen-bond acceptors (Lipinski definition) is 13. The zero-order valence-corrected chi connectivity index (χ0v) is 39.9. The minimum atomic E-state index is -4.36. The van der Waals surface area contributed by atoms with Crippen LogP contribution in [0.2, 0.25) is 0 Å². The number of benzene rings is 2. The number of likely N-dealkylation sites (tertiary alicyclic amines) is 1. The molecule has 5 N–H and O–H groups in total. The highest BCUT2D eigenvalue weighted by Gasteiger charge is 2.64. The molecule has 6 atom stereocenters. The summed E-state index contributed by atoms with van der Waals surface area (Å²) in [4.78, 5) is 68.0. The van der Waals surface area contributed by atoms with Gasteiger partial charge in [0.25, 0.3) is 15.9 Å². The van der Waals surface area contributed by atoms with Crippen LogP contribution in [0.15, 0.2) is 58.8 Å². The molecule has 0 spiro atoms. The van der Waals surface area contributed by atoms with Crippen molar-refractivity contribution >= 4 is 66.7 Å². The third-order valence-electron chi connectivity index (χ3n) is 12.6. The quantitative estimate of drug-likeness (QED) is 0.0996. The number of carbonyl (C=O) groups excluding carboxylic acids is 4. The lowest BCUT2D eigenvalue weighted by atomic mass is 9.92. The van der Waals surface area contributed by atoms with Gasteiger partial charge < -0.3 is 35.6 Å². The number of aromatic nitrogens is 2. The summed E-state index contributed by atoms with van der Waals surface area (Å²) in [6.07, 6.45) is 3.29. The molecular weight excluding hydrogens is 869 g/mol. The SMILES string of the molecule is CNC(=O)[C@H](CC(=O)N1C[C@H](Oc2cc(-c3csc(NC(C)C)n3)nc3cc(OC)ccc23)C[C@H]1C(=O)N[C@]12CC1C(C)CCCCCNc1ccccc1S(=O)(=O)NC2=O)CC(C)C. The maximum absolute atomic E-state index is 14.9. The van der Waals surface area contributed by atoms with E-state index in [0.717, 1.165) is 30.8 Å². The highest BCUT2D eigenvalue weighted by Crippen LogP contribution is 2.51. The second-order valence-corrected chi connectivity index (χ2v) is 20.9. The number of fused-ring (bicyclic) bond motifs is 3. The zero-order chi connectivity index (χ0) is 46.6. The Kier molecular flexibility index (Phi) is 14.6. The van der Waals surface area contributed by atoms with Gasteiger partial charge in [-0.2, -0.15) is 0 Å². The number of nitrogens with one attached hydrogen (secondary N) is 5. The Balaban J connectivity index is 1.22. The molecular formula is C47H62N8O8S2. The Hall–Kier alpha value is -5.49. The van der Waals surface area contributed by atoms with Crippen LogP contribution in [-0.2, 0) is 29.2 Å². The van der Waals surface area contributed by atoms with Crippen molar-refractivity contribution in [1.29, 1.82) is 0 Å². The van der Waals surface area contributed by atoms with Crippen molar-refractivity contribution in [2.75, 3.05) is 37.9 Å². The second kappa shape index (κ2) is 19.9. The molecule has 2 unspecified atom stereocenters. The van der Waals surface area contributed by atoms with Gasteiger partial charge in [0, 0.05) is 61.3 Å². The molecule has 2 fully saturated rings. The molecule has 1 aliphatic carbocycles. The van der Waals surface area contributed by atoms with Gasteiger partial charge in [0.05, 0.1) is 30.6 Å². The third kappa shape index (κ3) is 10.8. The predicted molar refractivity (Wildman–Crippen MR) is 251 cm³/mol. The topological polar surface area (TPSA) is 210 Å². The number of carbonyl (C=O) groups is 4. The van der Waals surface area contributed by atoms with Gasteiger partial charge in [0.2, 0.25) is 17.7 Å². The number of hydrogen-bond donors (Lipinski definition) is 5. The summed E-state index contributed by atoms with van der Waals surface area (Å²) in [5.41, 5.74) is 0.617. The van der Waals surface area contributed by atoms with Crippen molar-refractivity contribution in [3.05, 3.63) is 53.9 Å². The molecule has 1 saturated carbocycles. The van der Waals surface area contributed by atoms with E-state index in [0.29, 0.717) is 52.4 Å². The number of para-hydroxylation sites is 1. The Bertz CT molecular complexity index is 2510. The lowest BCUT2D eigenvalue weighted by Crippen LogP contribution is -2.57. The molecule has 65 heavy (non-hydrogen) atoms. The van der Waals surface area contributed by atoms with Gasteiger partial charge in [-0.1, -0.05) is 52.2 Å². The van der Waals surface area contributed by atoms with Crippen LogP contribution in [0, 0.1) is 23.7 Å². The van der Waals surface area contributed by atoms with Gasteiger partial charge in [-0.3, -0.25) is 19.2 Å². The number of ether oxygens (including phenoxy) is 2. The van der Waals surface area contributed by atoms with Gasteiger partial charge >= 0.3 is 0 Å². The van der Waals surface area contributed by atoms with Gasteiger partial charge in [-0.25, -0.2) is 23.1 Å². The highest BCUT2D eigenvalue weighted by atomic mass is 32.2. The maximum atomic E-state index is 14.9. The number of amides is 4. The molecule has 2 aliphatic heterocycles. The first-order chi connectivity index (χ1) is 31.0. The molecule has 2 aromatic heterocycles. The van der Waals surface area contributed by atoms with Crippen LogP contribution >= 0.6 is 11.3 Å². The molecule has 0 bridgehead atoms. The molecule has 1 saturated heterocycles. The Morgan fingerprint density at radius 1 is 1.03 bits per heavy atom. The molecule has 0 radical (unpaired) electrons. The van der Waals surface area contributed by atoms with E-state index >= 15 is 0 Å². The van der Waals surface area contributed by atoms with E-state index in [4.69, 9.17) is 19.4 Å². The van der Waals surface area contributed by atoms with Crippen molar-refractivity contribution in [1.82, 2.24) is 30.2 Å². The second-order valence-electron chi connectivity index (χ2n) is 18.4. The van der Waals surface area contributed by atoms with Crippen molar-refractivity contribution in [2.24, 2.45) is 23.7 Å². The summed E-state index contributed by atoms with van der Waals surface area (Å²) in [7, 11) is -1.26. The summed E-state index contributed by atoms with van der Waals surface area (Å²) in [6.45, 7) is 10.6. The van der Waals surface area contributed by atoms with E-state index in [1.807, 2.05) is 46.1 Å². The fourth-order valence-corrected chi connectivity index (χ4v) is 11.3. The average molecular weight is 931 g/mol. The number of rotatable bonds is 13. The van der Waals surface area contributed by atoms with E-state index in [1.165, 1.54) is 29.4 Å². The summed E-state index contributed by atoms with van der Waals surface area (Å²) >= 11 is 1.46. The maximum Gasteiger partial charge on any atom is 0.266 e. The zero-order valence-electron chi connectivity index (χ0n) is 38.2. The monoisotopic (exact) mass is 930 g/mol. The van der Waals surface area contributed by atoms with Crippen LogP contribution in [0.25, 0.3) is 22.3 Å². The summed E-state index contributed by atoms with van der Waals surface area (Å²) < 4.78 is 42.4. The van der Waals surface area contributed by atoms with Crippen LogP contribution < -0.4 is 35.5 Å². The number of sulfonamides is 1. The Labute approximate surface area is 385 Å². The fourth-order valence-electron chi connectivity index (χ4n) is 9.25. The Morgan fingerprint density at radius 3 is 2.55 bits per heavy atom. The standard InChI is InChI=1S/C47H62N8O8S2/c1-27(2)19-30(43(57)48-6)20-42(56)55-25-32(63-40-23-37(38-26-64-46(52-38)50-28(3)4)51-36-21-31(62-7)16-17-33(36)40)22-39(55)44(58)53-47-24-34(47)29(5)13-9-8-12-18-49-35-14-10-11-15-41(35)65(60,61)54-45(47)59/h10-11,14-17,21,23,26-30,32,34,39,49H,8-9,12-13,18-20,22,24-25H2,1-7H3,(H,48,57)(H,50,52)(H,53,58)(H,54,59)/t29?,30-,32+,34?,39-,47+/m0/s1. The van der Waals surface area contributed by atoms with Gasteiger partial charge in [0.15, 0.2) is 5.13 Å². The first-order valence-corrected chi connectivity index (χ1v) is 25.0. The summed E-state index contributed by atoms with van der Waals surface area (Å²) in [5.74, 6) is -1.96. The normalized spacial score (nSPS) is 23.6. The number of anilines is 2.